The standard InChI is InChI=1S/C16H19NO3/c1-12-6-8-14(9-7-12)17-15(18)11-20-16(19)10-13-4-2-3-5-13/h2,4,6-9,13H,3,5,10-11H2,1H3,(H,17,18)/t13-/m1/s1. The number of ether oxygens (including phenoxy) is 1. The summed E-state index contributed by atoms with van der Waals surface area (Å²) < 4.78 is 4.98. The molecule has 0 radical (unpaired) electrons. The molecule has 4 nitrogen and oxygen atoms in total. The lowest BCUT2D eigenvalue weighted by atomic mass is 10.1. The highest BCUT2D eigenvalue weighted by atomic mass is 16.5. The molecule has 1 aliphatic carbocycles. The molecular formula is C16H19NO3. The van der Waals surface area contributed by atoms with Gasteiger partial charge in [-0.3, -0.25) is 9.59 Å². The Morgan fingerprint density at radius 1 is 1.30 bits per heavy atom. The third kappa shape index (κ3) is 4.53. The third-order valence-electron chi connectivity index (χ3n) is 3.24. The molecule has 0 bridgehead atoms. The Morgan fingerprint density at radius 2 is 2.05 bits per heavy atom. The lowest BCUT2D eigenvalue weighted by molar-refractivity contribution is -0.147. The molecule has 0 aliphatic heterocycles. The van der Waals surface area contributed by atoms with Crippen molar-refractivity contribution in [1.82, 2.24) is 0 Å². The Labute approximate surface area is 118 Å². The molecule has 0 saturated heterocycles. The maximum absolute atomic E-state index is 11.6. The van der Waals surface area contributed by atoms with Crippen LogP contribution >= 0.6 is 0 Å². The zero-order valence-electron chi connectivity index (χ0n) is 11.6. The van der Waals surface area contributed by atoms with Gasteiger partial charge in [-0.25, -0.2) is 0 Å². The Kier molecular flexibility index (Phi) is 4.93. The number of hydrogen-bond acceptors (Lipinski definition) is 3. The van der Waals surface area contributed by atoms with E-state index in [0.29, 0.717) is 12.1 Å². The van der Waals surface area contributed by atoms with Gasteiger partial charge >= 0.3 is 5.97 Å². The molecular weight excluding hydrogens is 254 g/mol. The molecule has 1 aliphatic rings. The number of anilines is 1. The summed E-state index contributed by atoms with van der Waals surface area (Å²) in [4.78, 5) is 23.2. The summed E-state index contributed by atoms with van der Waals surface area (Å²) in [6.07, 6.45) is 6.47. The molecule has 106 valence electrons. The maximum Gasteiger partial charge on any atom is 0.306 e. The van der Waals surface area contributed by atoms with Crippen molar-refractivity contribution in [2.75, 3.05) is 11.9 Å². The number of benzene rings is 1. The van der Waals surface area contributed by atoms with E-state index < -0.39 is 0 Å². The van der Waals surface area contributed by atoms with E-state index in [0.717, 1.165) is 18.4 Å². The first-order chi connectivity index (χ1) is 9.63. The van der Waals surface area contributed by atoms with Crippen molar-refractivity contribution < 1.29 is 14.3 Å². The van der Waals surface area contributed by atoms with E-state index in [2.05, 4.69) is 11.4 Å². The van der Waals surface area contributed by atoms with Crippen LogP contribution in [-0.2, 0) is 14.3 Å². The van der Waals surface area contributed by atoms with Crippen LogP contribution in [0.1, 0.15) is 24.8 Å². The minimum atomic E-state index is -0.319. The summed E-state index contributed by atoms with van der Waals surface area (Å²) >= 11 is 0. The van der Waals surface area contributed by atoms with Crippen molar-refractivity contribution in [3.8, 4) is 0 Å². The molecule has 0 fully saturated rings. The average Bonchev–Trinajstić information content (AvgIpc) is 2.92. The van der Waals surface area contributed by atoms with Gasteiger partial charge in [0.2, 0.25) is 0 Å². The lowest BCUT2D eigenvalue weighted by Crippen LogP contribution is -2.21. The fraction of sp³-hybridized carbons (Fsp3) is 0.375. The minimum Gasteiger partial charge on any atom is -0.456 e. The number of esters is 1. The van der Waals surface area contributed by atoms with Crippen molar-refractivity contribution in [1.29, 1.82) is 0 Å². The predicted octanol–water partition coefficient (Wildman–Crippen LogP) is 2.83. The Balaban J connectivity index is 1.70. The van der Waals surface area contributed by atoms with E-state index in [4.69, 9.17) is 4.74 Å². The molecule has 0 heterocycles. The van der Waals surface area contributed by atoms with E-state index >= 15 is 0 Å². The molecule has 20 heavy (non-hydrogen) atoms. The third-order valence-corrected chi connectivity index (χ3v) is 3.24. The Morgan fingerprint density at radius 3 is 2.70 bits per heavy atom. The normalized spacial score (nSPS) is 16.9. The first-order valence-corrected chi connectivity index (χ1v) is 6.82. The zero-order valence-corrected chi connectivity index (χ0v) is 11.6. The van der Waals surface area contributed by atoms with E-state index in [9.17, 15) is 9.59 Å². The summed E-state index contributed by atoms with van der Waals surface area (Å²) in [5.74, 6) is -0.368. The van der Waals surface area contributed by atoms with Crippen LogP contribution in [0.4, 0.5) is 5.69 Å². The number of carbonyl (C=O) groups excluding carboxylic acids is 2. The van der Waals surface area contributed by atoms with Crippen molar-refractivity contribution in [2.24, 2.45) is 5.92 Å². The summed E-state index contributed by atoms with van der Waals surface area (Å²) in [6.45, 7) is 1.74. The fourth-order valence-electron chi connectivity index (χ4n) is 2.12. The molecule has 2 rings (SSSR count). The summed E-state index contributed by atoms with van der Waals surface area (Å²) in [7, 11) is 0. The molecule has 0 unspecified atom stereocenters. The van der Waals surface area contributed by atoms with Crippen molar-refractivity contribution in [2.45, 2.75) is 26.2 Å². The van der Waals surface area contributed by atoms with Crippen molar-refractivity contribution in [3.63, 3.8) is 0 Å². The number of rotatable bonds is 5. The molecule has 0 saturated carbocycles. The van der Waals surface area contributed by atoms with Crippen LogP contribution in [-0.4, -0.2) is 18.5 Å². The summed E-state index contributed by atoms with van der Waals surface area (Å²) in [5, 5.41) is 2.69. The number of carbonyl (C=O) groups is 2. The van der Waals surface area contributed by atoms with Crippen LogP contribution in [0.15, 0.2) is 36.4 Å². The topological polar surface area (TPSA) is 55.4 Å². The molecule has 1 N–H and O–H groups in total. The van der Waals surface area contributed by atoms with Crippen LogP contribution in [0.3, 0.4) is 0 Å². The van der Waals surface area contributed by atoms with E-state index in [1.807, 2.05) is 37.3 Å². The highest BCUT2D eigenvalue weighted by Gasteiger charge is 2.15. The lowest BCUT2D eigenvalue weighted by Gasteiger charge is -2.09. The van der Waals surface area contributed by atoms with Gasteiger partial charge in [0.1, 0.15) is 0 Å². The zero-order chi connectivity index (χ0) is 14.4. The Bertz CT molecular complexity index is 505. The SMILES string of the molecule is Cc1ccc(NC(=O)COC(=O)C[C@@H]2C=CCC2)cc1. The van der Waals surface area contributed by atoms with E-state index in [-0.39, 0.29) is 24.4 Å². The van der Waals surface area contributed by atoms with Gasteiger partial charge in [-0.05, 0) is 37.8 Å². The molecule has 0 aromatic heterocycles. The molecule has 1 aromatic carbocycles. The van der Waals surface area contributed by atoms with Gasteiger partial charge in [0.05, 0.1) is 6.42 Å². The fourth-order valence-corrected chi connectivity index (χ4v) is 2.12. The monoisotopic (exact) mass is 273 g/mol. The number of aryl methyl sites for hydroxylation is 1. The van der Waals surface area contributed by atoms with Gasteiger partial charge in [-0.15, -0.1) is 0 Å². The first kappa shape index (κ1) is 14.3. The average molecular weight is 273 g/mol. The van der Waals surface area contributed by atoms with Gasteiger partial charge in [-0.2, -0.15) is 0 Å². The summed E-state index contributed by atoms with van der Waals surface area (Å²) in [5.41, 5.74) is 1.83. The quantitative estimate of drug-likeness (QED) is 0.663. The second-order valence-electron chi connectivity index (χ2n) is 5.04. The first-order valence-electron chi connectivity index (χ1n) is 6.82. The van der Waals surface area contributed by atoms with E-state index in [1.54, 1.807) is 0 Å². The highest BCUT2D eigenvalue weighted by Crippen LogP contribution is 2.20. The largest absolute Gasteiger partial charge is 0.456 e. The van der Waals surface area contributed by atoms with Gasteiger partial charge < -0.3 is 10.1 Å². The smallest absolute Gasteiger partial charge is 0.306 e. The van der Waals surface area contributed by atoms with Gasteiger partial charge in [-0.1, -0.05) is 29.8 Å². The molecule has 4 heteroatoms. The molecule has 1 aromatic rings. The Hall–Kier alpha value is -2.10. The van der Waals surface area contributed by atoms with Crippen LogP contribution in [0.25, 0.3) is 0 Å². The second-order valence-corrected chi connectivity index (χ2v) is 5.04. The van der Waals surface area contributed by atoms with Crippen molar-refractivity contribution >= 4 is 17.6 Å². The highest BCUT2D eigenvalue weighted by molar-refractivity contribution is 5.92. The van der Waals surface area contributed by atoms with Gasteiger partial charge in [0.15, 0.2) is 6.61 Å². The minimum absolute atomic E-state index is 0.233. The van der Waals surface area contributed by atoms with Gasteiger partial charge in [0, 0.05) is 5.69 Å². The van der Waals surface area contributed by atoms with E-state index in [1.165, 1.54) is 0 Å². The maximum atomic E-state index is 11.6. The van der Waals surface area contributed by atoms with Crippen molar-refractivity contribution in [3.05, 3.63) is 42.0 Å². The van der Waals surface area contributed by atoms with Crippen LogP contribution < -0.4 is 5.32 Å². The second kappa shape index (κ2) is 6.89. The number of allylic oxidation sites excluding steroid dienone is 2. The number of nitrogens with one attached hydrogen (secondary N) is 1. The summed E-state index contributed by atoms with van der Waals surface area (Å²) in [6, 6.07) is 7.46. The number of hydrogen-bond donors (Lipinski definition) is 1. The van der Waals surface area contributed by atoms with Crippen LogP contribution in [0.2, 0.25) is 0 Å². The number of amides is 1. The molecule has 1 amide bonds. The van der Waals surface area contributed by atoms with Gasteiger partial charge in [0.25, 0.3) is 5.91 Å². The van der Waals surface area contributed by atoms with Crippen LogP contribution in [0.5, 0.6) is 0 Å². The molecule has 1 atom stereocenters. The molecule has 0 spiro atoms. The van der Waals surface area contributed by atoms with Crippen LogP contribution in [0, 0.1) is 12.8 Å². The predicted molar refractivity (Wildman–Crippen MR) is 77.2 cm³/mol.